The Morgan fingerprint density at radius 3 is 2.46 bits per heavy atom. The number of piperidine rings is 1. The van der Waals surface area contributed by atoms with Crippen molar-refractivity contribution in [3.8, 4) is 0 Å². The van der Waals surface area contributed by atoms with Crippen LogP contribution in [0.1, 0.15) is 51.9 Å². The lowest BCUT2D eigenvalue weighted by Crippen LogP contribution is -2.49. The van der Waals surface area contributed by atoms with E-state index in [2.05, 4.69) is 27.4 Å². The van der Waals surface area contributed by atoms with E-state index in [1.54, 1.807) is 0 Å². The minimum atomic E-state index is -2.96. The number of hydrogen-bond acceptors (Lipinski definition) is 5. The predicted molar refractivity (Wildman–Crippen MR) is 116 cm³/mol. The molecule has 0 aromatic rings. The van der Waals surface area contributed by atoms with Gasteiger partial charge in [0.15, 0.2) is 5.96 Å². The molecule has 0 aromatic heterocycles. The van der Waals surface area contributed by atoms with Crippen molar-refractivity contribution >= 4 is 15.8 Å². The van der Waals surface area contributed by atoms with E-state index in [0.717, 1.165) is 31.3 Å². The molecule has 7 nitrogen and oxygen atoms in total. The third kappa shape index (κ3) is 10.1. The van der Waals surface area contributed by atoms with Crippen LogP contribution in [-0.4, -0.2) is 83.3 Å². The minimum absolute atomic E-state index is 0.0640. The van der Waals surface area contributed by atoms with Gasteiger partial charge in [-0.15, -0.1) is 0 Å². The highest BCUT2D eigenvalue weighted by molar-refractivity contribution is 7.90. The van der Waals surface area contributed by atoms with Gasteiger partial charge >= 0.3 is 0 Å². The van der Waals surface area contributed by atoms with Crippen molar-refractivity contribution in [2.24, 2.45) is 10.9 Å². The van der Waals surface area contributed by atoms with Crippen LogP contribution < -0.4 is 10.6 Å². The molecule has 0 aromatic carbocycles. The number of ether oxygens (including phenoxy) is 1. The van der Waals surface area contributed by atoms with Crippen LogP contribution in [0.3, 0.4) is 0 Å². The van der Waals surface area contributed by atoms with E-state index in [-0.39, 0.29) is 12.4 Å². The fraction of sp³-hybridized carbons (Fsp3) is 0.950. The summed E-state index contributed by atoms with van der Waals surface area (Å²) < 4.78 is 27.5. The average Bonchev–Trinajstić information content (AvgIpc) is 2.66. The maximum absolute atomic E-state index is 11.1. The van der Waals surface area contributed by atoms with E-state index >= 15 is 0 Å². The summed E-state index contributed by atoms with van der Waals surface area (Å²) >= 11 is 0. The molecule has 1 saturated carbocycles. The number of likely N-dealkylation sites (tertiary alicyclic amines) is 1. The Hall–Kier alpha value is -0.860. The molecule has 0 spiro atoms. The number of guanidine groups is 1. The number of hydrogen-bond donors (Lipinski definition) is 2. The summed E-state index contributed by atoms with van der Waals surface area (Å²) in [5.74, 6) is 1.81. The first-order valence-electron chi connectivity index (χ1n) is 11.0. The highest BCUT2D eigenvalue weighted by Gasteiger charge is 2.23. The van der Waals surface area contributed by atoms with Gasteiger partial charge in [0.1, 0.15) is 9.84 Å². The minimum Gasteiger partial charge on any atom is -0.378 e. The smallest absolute Gasteiger partial charge is 0.191 e. The van der Waals surface area contributed by atoms with Gasteiger partial charge in [0.2, 0.25) is 0 Å². The van der Waals surface area contributed by atoms with E-state index in [0.29, 0.717) is 19.2 Å². The Balaban J connectivity index is 1.64. The molecule has 1 aliphatic carbocycles. The van der Waals surface area contributed by atoms with E-state index in [1.807, 2.05) is 0 Å². The fourth-order valence-corrected chi connectivity index (χ4v) is 4.46. The molecular weight excluding hydrogens is 376 g/mol. The van der Waals surface area contributed by atoms with Gasteiger partial charge in [0.05, 0.1) is 25.5 Å². The maximum atomic E-state index is 11.1. The van der Waals surface area contributed by atoms with Gasteiger partial charge in [-0.05, 0) is 38.5 Å². The molecule has 1 saturated heterocycles. The van der Waals surface area contributed by atoms with Crippen LogP contribution in [0.5, 0.6) is 0 Å². The van der Waals surface area contributed by atoms with Crippen molar-refractivity contribution in [1.29, 1.82) is 0 Å². The van der Waals surface area contributed by atoms with Crippen LogP contribution in [0.4, 0.5) is 0 Å². The second-order valence-electron chi connectivity index (χ2n) is 8.23. The van der Waals surface area contributed by atoms with Gasteiger partial charge < -0.3 is 20.3 Å². The normalized spacial score (nSPS) is 21.0. The Labute approximate surface area is 171 Å². The standard InChI is InChI=1S/C20H40N4O3S/c1-3-21-20(22-11-14-27-15-16-28(2,25)26)23-19-9-12-24(13-10-19)17-18-7-5-4-6-8-18/h18-19H,3-17H2,1-2H3,(H2,21,22,23). The summed E-state index contributed by atoms with van der Waals surface area (Å²) in [5, 5.41) is 6.85. The monoisotopic (exact) mass is 416 g/mol. The number of sulfone groups is 1. The Kier molecular flexibility index (Phi) is 10.6. The van der Waals surface area contributed by atoms with Gasteiger partial charge in [0.25, 0.3) is 0 Å². The summed E-state index contributed by atoms with van der Waals surface area (Å²) in [6, 6.07) is 0.464. The van der Waals surface area contributed by atoms with Crippen LogP contribution >= 0.6 is 0 Å². The van der Waals surface area contributed by atoms with Gasteiger partial charge in [-0.3, -0.25) is 4.99 Å². The molecule has 164 valence electrons. The van der Waals surface area contributed by atoms with E-state index < -0.39 is 9.84 Å². The molecule has 2 N–H and O–H groups in total. The number of nitrogens with one attached hydrogen (secondary N) is 2. The van der Waals surface area contributed by atoms with Crippen LogP contribution in [0.2, 0.25) is 0 Å². The molecule has 0 amide bonds. The largest absolute Gasteiger partial charge is 0.378 e. The zero-order valence-corrected chi connectivity index (χ0v) is 18.6. The summed E-state index contributed by atoms with van der Waals surface area (Å²) in [6.45, 7) is 7.70. The van der Waals surface area contributed by atoms with Crippen LogP contribution in [0.15, 0.2) is 4.99 Å². The second kappa shape index (κ2) is 12.6. The van der Waals surface area contributed by atoms with Crippen LogP contribution in [0, 0.1) is 5.92 Å². The Morgan fingerprint density at radius 1 is 1.11 bits per heavy atom. The zero-order chi connectivity index (χ0) is 20.2. The van der Waals surface area contributed by atoms with Gasteiger partial charge in [0, 0.05) is 38.5 Å². The molecule has 1 aliphatic heterocycles. The lowest BCUT2D eigenvalue weighted by atomic mass is 9.88. The first-order valence-corrected chi connectivity index (χ1v) is 13.0. The quantitative estimate of drug-likeness (QED) is 0.320. The zero-order valence-electron chi connectivity index (χ0n) is 17.8. The number of rotatable bonds is 10. The summed E-state index contributed by atoms with van der Waals surface area (Å²) in [6.07, 6.45) is 10.6. The van der Waals surface area contributed by atoms with Crippen molar-refractivity contribution in [1.82, 2.24) is 15.5 Å². The fourth-order valence-electron chi connectivity index (χ4n) is 4.04. The molecule has 0 unspecified atom stereocenters. The molecule has 1 heterocycles. The molecule has 2 fully saturated rings. The second-order valence-corrected chi connectivity index (χ2v) is 10.5. The summed E-state index contributed by atoms with van der Waals surface area (Å²) in [5.41, 5.74) is 0. The van der Waals surface area contributed by atoms with Gasteiger partial charge in [-0.25, -0.2) is 8.42 Å². The molecule has 2 aliphatic rings. The number of nitrogens with zero attached hydrogens (tertiary/aromatic N) is 2. The lowest BCUT2D eigenvalue weighted by molar-refractivity contribution is 0.156. The first kappa shape index (κ1) is 23.4. The van der Waals surface area contributed by atoms with Gasteiger partial charge in [-0.1, -0.05) is 19.3 Å². The summed E-state index contributed by atoms with van der Waals surface area (Å²) in [7, 11) is -2.96. The molecule has 2 rings (SSSR count). The Morgan fingerprint density at radius 2 is 1.82 bits per heavy atom. The predicted octanol–water partition coefficient (Wildman–Crippen LogP) is 1.65. The Bertz CT molecular complexity index is 554. The van der Waals surface area contributed by atoms with E-state index in [4.69, 9.17) is 4.74 Å². The third-order valence-electron chi connectivity index (χ3n) is 5.62. The maximum Gasteiger partial charge on any atom is 0.191 e. The SMILES string of the molecule is CCNC(=NCCOCCS(C)(=O)=O)NC1CCN(CC2CCCCC2)CC1. The number of aliphatic imine (C=N–C) groups is 1. The van der Waals surface area contributed by atoms with E-state index in [9.17, 15) is 8.42 Å². The highest BCUT2D eigenvalue weighted by atomic mass is 32.2. The molecular formula is C20H40N4O3S. The lowest BCUT2D eigenvalue weighted by Gasteiger charge is -2.36. The molecule has 0 bridgehead atoms. The van der Waals surface area contributed by atoms with Crippen LogP contribution in [-0.2, 0) is 14.6 Å². The van der Waals surface area contributed by atoms with Crippen molar-refractivity contribution in [2.75, 3.05) is 57.9 Å². The molecule has 28 heavy (non-hydrogen) atoms. The molecule has 8 heteroatoms. The van der Waals surface area contributed by atoms with Crippen molar-refractivity contribution in [3.05, 3.63) is 0 Å². The first-order chi connectivity index (χ1) is 13.5. The van der Waals surface area contributed by atoms with Gasteiger partial charge in [-0.2, -0.15) is 0 Å². The topological polar surface area (TPSA) is 83.0 Å². The van der Waals surface area contributed by atoms with Crippen LogP contribution in [0.25, 0.3) is 0 Å². The average molecular weight is 417 g/mol. The summed E-state index contributed by atoms with van der Waals surface area (Å²) in [4.78, 5) is 7.21. The molecule has 0 atom stereocenters. The van der Waals surface area contributed by atoms with E-state index in [1.165, 1.54) is 58.0 Å². The van der Waals surface area contributed by atoms with Crippen molar-refractivity contribution in [3.63, 3.8) is 0 Å². The third-order valence-corrected chi connectivity index (χ3v) is 6.53. The molecule has 0 radical (unpaired) electrons. The van der Waals surface area contributed by atoms with Crippen molar-refractivity contribution in [2.45, 2.75) is 57.9 Å². The highest BCUT2D eigenvalue weighted by Crippen LogP contribution is 2.25. The van der Waals surface area contributed by atoms with Crippen molar-refractivity contribution < 1.29 is 13.2 Å².